The molecule has 0 aliphatic rings. The average molecular weight is 236 g/mol. The van der Waals surface area contributed by atoms with Crippen molar-refractivity contribution in [2.45, 2.75) is 48.5 Å². The standard InChI is InChI=1S/C7H6N2.C4H10.2C2H6/c1-2-4-7-6(3-1)8-5-9-7;1-4(2)3;2*1-2/h1-5H,(H,8,9);4H,1-3H3;2*1-2H3. The smallest absolute Gasteiger partial charge is 0.0931 e. The van der Waals surface area contributed by atoms with Gasteiger partial charge in [0.1, 0.15) is 0 Å². The Hall–Kier alpha value is -1.31. The molecule has 0 radical (unpaired) electrons. The highest BCUT2D eigenvalue weighted by Gasteiger charge is 1.88. The van der Waals surface area contributed by atoms with Gasteiger partial charge in [0, 0.05) is 0 Å². The largest absolute Gasteiger partial charge is 0.345 e. The minimum absolute atomic E-state index is 0.833. The SMILES string of the molecule is CC.CC.CC(C)C.c1ccc2[nH]cnc2c1. The molecule has 1 heterocycles. The highest BCUT2D eigenvalue weighted by Crippen LogP contribution is 2.05. The second kappa shape index (κ2) is 12.8. The van der Waals surface area contributed by atoms with E-state index in [1.807, 2.05) is 52.0 Å². The maximum atomic E-state index is 4.06. The van der Waals surface area contributed by atoms with Crippen LogP contribution in [0.4, 0.5) is 0 Å². The van der Waals surface area contributed by atoms with Crippen LogP contribution in [0.5, 0.6) is 0 Å². The molecule has 1 aromatic carbocycles. The third-order valence-electron chi connectivity index (χ3n) is 1.33. The van der Waals surface area contributed by atoms with Crippen molar-refractivity contribution in [2.24, 2.45) is 5.92 Å². The van der Waals surface area contributed by atoms with E-state index in [2.05, 4.69) is 30.7 Å². The van der Waals surface area contributed by atoms with Gasteiger partial charge in [-0.25, -0.2) is 4.98 Å². The van der Waals surface area contributed by atoms with Gasteiger partial charge in [0.2, 0.25) is 0 Å². The number of aromatic amines is 1. The lowest BCUT2D eigenvalue weighted by molar-refractivity contribution is 0.737. The van der Waals surface area contributed by atoms with E-state index in [0.717, 1.165) is 17.0 Å². The Kier molecular flexibility index (Phi) is 13.6. The molecule has 0 saturated heterocycles. The van der Waals surface area contributed by atoms with E-state index in [1.165, 1.54) is 0 Å². The van der Waals surface area contributed by atoms with Crippen LogP contribution in [0.3, 0.4) is 0 Å². The molecule has 0 fully saturated rings. The first-order valence-corrected chi connectivity index (χ1v) is 6.58. The molecule has 0 spiro atoms. The molecule has 2 aromatic rings. The summed E-state index contributed by atoms with van der Waals surface area (Å²) in [7, 11) is 0. The van der Waals surface area contributed by atoms with Crippen LogP contribution in [-0.4, -0.2) is 9.97 Å². The second-order valence-corrected chi connectivity index (χ2v) is 3.65. The number of hydrogen-bond donors (Lipinski definition) is 1. The van der Waals surface area contributed by atoms with Gasteiger partial charge in [-0.2, -0.15) is 0 Å². The molecule has 2 nitrogen and oxygen atoms in total. The molecule has 98 valence electrons. The number of H-pyrrole nitrogens is 1. The Morgan fingerprint density at radius 3 is 1.88 bits per heavy atom. The first-order chi connectivity index (χ1) is 8.20. The lowest BCUT2D eigenvalue weighted by Gasteiger charge is -1.81. The molecule has 2 heteroatoms. The molecule has 2 rings (SSSR count). The normalized spacial score (nSPS) is 8.24. The number of aromatic nitrogens is 2. The quantitative estimate of drug-likeness (QED) is 0.662. The zero-order chi connectivity index (χ0) is 13.7. The monoisotopic (exact) mass is 236 g/mol. The van der Waals surface area contributed by atoms with Gasteiger partial charge in [-0.1, -0.05) is 60.6 Å². The molecule has 0 unspecified atom stereocenters. The summed E-state index contributed by atoms with van der Waals surface area (Å²) in [6.45, 7) is 14.5. The van der Waals surface area contributed by atoms with Gasteiger partial charge >= 0.3 is 0 Å². The van der Waals surface area contributed by atoms with Crippen molar-refractivity contribution in [3.05, 3.63) is 30.6 Å². The predicted molar refractivity (Wildman–Crippen MR) is 79.3 cm³/mol. The fraction of sp³-hybridized carbons (Fsp3) is 0.533. The Bertz CT molecular complexity index is 317. The maximum Gasteiger partial charge on any atom is 0.0931 e. The van der Waals surface area contributed by atoms with Crippen LogP contribution in [0.25, 0.3) is 11.0 Å². The average Bonchev–Trinajstić information content (AvgIpc) is 2.81. The minimum atomic E-state index is 0.833. The molecule has 0 saturated carbocycles. The van der Waals surface area contributed by atoms with Gasteiger partial charge in [-0.15, -0.1) is 0 Å². The van der Waals surface area contributed by atoms with Crippen LogP contribution in [0.1, 0.15) is 48.5 Å². The fourth-order valence-corrected chi connectivity index (χ4v) is 0.880. The number of fused-ring (bicyclic) bond motifs is 1. The van der Waals surface area contributed by atoms with Crippen LogP contribution >= 0.6 is 0 Å². The van der Waals surface area contributed by atoms with Crippen molar-refractivity contribution in [2.75, 3.05) is 0 Å². The van der Waals surface area contributed by atoms with Crippen LogP contribution in [0.2, 0.25) is 0 Å². The molecular weight excluding hydrogens is 208 g/mol. The topological polar surface area (TPSA) is 28.7 Å². The van der Waals surface area contributed by atoms with Crippen LogP contribution in [-0.2, 0) is 0 Å². The van der Waals surface area contributed by atoms with Gasteiger partial charge in [0.25, 0.3) is 0 Å². The Labute approximate surface area is 106 Å². The summed E-state index contributed by atoms with van der Waals surface area (Å²) in [4.78, 5) is 7.07. The zero-order valence-electron chi connectivity index (χ0n) is 12.4. The molecular formula is C15H28N2. The molecule has 0 atom stereocenters. The summed E-state index contributed by atoms with van der Waals surface area (Å²) in [5.41, 5.74) is 2.12. The summed E-state index contributed by atoms with van der Waals surface area (Å²) in [6.07, 6.45) is 1.70. The molecule has 0 aliphatic carbocycles. The Balaban J connectivity index is 0. The van der Waals surface area contributed by atoms with Crippen molar-refractivity contribution < 1.29 is 0 Å². The number of nitrogens with zero attached hydrogens (tertiary/aromatic N) is 1. The fourth-order valence-electron chi connectivity index (χ4n) is 0.880. The third-order valence-corrected chi connectivity index (χ3v) is 1.33. The molecule has 0 aliphatic heterocycles. The third kappa shape index (κ3) is 9.61. The van der Waals surface area contributed by atoms with E-state index < -0.39 is 0 Å². The van der Waals surface area contributed by atoms with Crippen LogP contribution in [0, 0.1) is 5.92 Å². The number of para-hydroxylation sites is 2. The van der Waals surface area contributed by atoms with Gasteiger partial charge in [-0.3, -0.25) is 0 Å². The van der Waals surface area contributed by atoms with Crippen molar-refractivity contribution in [1.29, 1.82) is 0 Å². The molecule has 0 amide bonds. The van der Waals surface area contributed by atoms with E-state index in [1.54, 1.807) is 6.33 Å². The van der Waals surface area contributed by atoms with Gasteiger partial charge in [0.05, 0.1) is 17.4 Å². The maximum absolute atomic E-state index is 4.06. The lowest BCUT2D eigenvalue weighted by Crippen LogP contribution is -1.66. The number of imidazole rings is 1. The van der Waals surface area contributed by atoms with Gasteiger partial charge < -0.3 is 4.98 Å². The van der Waals surface area contributed by atoms with Gasteiger partial charge in [-0.05, 0) is 18.1 Å². The van der Waals surface area contributed by atoms with Crippen LogP contribution in [0.15, 0.2) is 30.6 Å². The van der Waals surface area contributed by atoms with Crippen molar-refractivity contribution in [3.8, 4) is 0 Å². The number of benzene rings is 1. The summed E-state index contributed by atoms with van der Waals surface area (Å²) < 4.78 is 0. The van der Waals surface area contributed by atoms with Crippen molar-refractivity contribution in [1.82, 2.24) is 9.97 Å². The molecule has 1 aromatic heterocycles. The highest BCUT2D eigenvalue weighted by molar-refractivity contribution is 5.73. The lowest BCUT2D eigenvalue weighted by atomic mass is 10.3. The number of nitrogens with one attached hydrogen (secondary N) is 1. The molecule has 0 bridgehead atoms. The van der Waals surface area contributed by atoms with Crippen molar-refractivity contribution >= 4 is 11.0 Å². The van der Waals surface area contributed by atoms with E-state index in [-0.39, 0.29) is 0 Å². The highest BCUT2D eigenvalue weighted by atomic mass is 14.9. The zero-order valence-corrected chi connectivity index (χ0v) is 12.4. The molecule has 1 N–H and O–H groups in total. The first kappa shape index (κ1) is 18.1. The van der Waals surface area contributed by atoms with E-state index >= 15 is 0 Å². The minimum Gasteiger partial charge on any atom is -0.345 e. The molecule has 17 heavy (non-hydrogen) atoms. The number of hydrogen-bond acceptors (Lipinski definition) is 1. The van der Waals surface area contributed by atoms with E-state index in [0.29, 0.717) is 0 Å². The summed E-state index contributed by atoms with van der Waals surface area (Å²) in [5, 5.41) is 0. The number of rotatable bonds is 0. The first-order valence-electron chi connectivity index (χ1n) is 6.58. The summed E-state index contributed by atoms with van der Waals surface area (Å²) >= 11 is 0. The van der Waals surface area contributed by atoms with Gasteiger partial charge in [0.15, 0.2) is 0 Å². The Morgan fingerprint density at radius 2 is 1.41 bits per heavy atom. The van der Waals surface area contributed by atoms with Crippen LogP contribution < -0.4 is 0 Å². The summed E-state index contributed by atoms with van der Waals surface area (Å²) in [6, 6.07) is 7.94. The van der Waals surface area contributed by atoms with Crippen molar-refractivity contribution in [3.63, 3.8) is 0 Å². The van der Waals surface area contributed by atoms with E-state index in [9.17, 15) is 0 Å². The Morgan fingerprint density at radius 1 is 0.941 bits per heavy atom. The van der Waals surface area contributed by atoms with E-state index in [4.69, 9.17) is 0 Å². The second-order valence-electron chi connectivity index (χ2n) is 3.65. The summed E-state index contributed by atoms with van der Waals surface area (Å²) in [5.74, 6) is 0.833. The predicted octanol–water partition coefficient (Wildman–Crippen LogP) is 5.28.